The van der Waals surface area contributed by atoms with E-state index in [1.165, 1.54) is 38.5 Å². The molecule has 2 heterocycles. The van der Waals surface area contributed by atoms with E-state index in [9.17, 15) is 4.79 Å². The van der Waals surface area contributed by atoms with Crippen molar-refractivity contribution >= 4 is 5.97 Å². The molecule has 1 aliphatic carbocycles. The van der Waals surface area contributed by atoms with Crippen LogP contribution in [0.25, 0.3) is 0 Å². The van der Waals surface area contributed by atoms with Crippen LogP contribution >= 0.6 is 0 Å². The molecule has 0 radical (unpaired) electrons. The third-order valence-corrected chi connectivity index (χ3v) is 4.65. The summed E-state index contributed by atoms with van der Waals surface area (Å²) in [5.74, 6) is -0.0966. The largest absolute Gasteiger partial charge is 0.477 e. The minimum absolute atomic E-state index is 0.169. The second-order valence-corrected chi connectivity index (χ2v) is 6.13. The van der Waals surface area contributed by atoms with Gasteiger partial charge >= 0.3 is 5.97 Å². The molecule has 0 bridgehead atoms. The first-order valence-corrected chi connectivity index (χ1v) is 7.68. The Morgan fingerprint density at radius 2 is 2.10 bits per heavy atom. The highest BCUT2D eigenvalue weighted by molar-refractivity contribution is 5.85. The van der Waals surface area contributed by atoms with Crippen LogP contribution in [0.1, 0.15) is 60.3 Å². The minimum atomic E-state index is -0.935. The lowest BCUT2D eigenvalue weighted by Gasteiger charge is -2.30. The van der Waals surface area contributed by atoms with Gasteiger partial charge in [0.1, 0.15) is 5.69 Å². The highest BCUT2D eigenvalue weighted by atomic mass is 16.4. The van der Waals surface area contributed by atoms with Gasteiger partial charge in [0.15, 0.2) is 0 Å². The first kappa shape index (κ1) is 13.6. The molecule has 1 saturated carbocycles. The Morgan fingerprint density at radius 3 is 2.85 bits per heavy atom. The number of carboxylic acids is 1. The number of aromatic carboxylic acids is 1. The van der Waals surface area contributed by atoms with E-state index in [0.717, 1.165) is 30.1 Å². The molecule has 1 aromatic heterocycles. The topological polar surface area (TPSA) is 62.2 Å². The van der Waals surface area contributed by atoms with E-state index in [-0.39, 0.29) is 5.69 Å². The van der Waals surface area contributed by atoms with E-state index in [2.05, 4.69) is 10.3 Å². The molecule has 108 valence electrons. The minimum Gasteiger partial charge on any atom is -0.477 e. The van der Waals surface area contributed by atoms with Crippen molar-refractivity contribution < 1.29 is 9.90 Å². The van der Waals surface area contributed by atoms with Gasteiger partial charge in [-0.15, -0.1) is 0 Å². The first-order chi connectivity index (χ1) is 9.72. The number of carbonyl (C=O) groups is 1. The normalized spacial score (nSPS) is 23.3. The molecule has 1 aliphatic heterocycles. The van der Waals surface area contributed by atoms with Gasteiger partial charge in [0, 0.05) is 24.7 Å². The van der Waals surface area contributed by atoms with E-state index in [0.29, 0.717) is 6.04 Å². The van der Waals surface area contributed by atoms with Gasteiger partial charge in [-0.2, -0.15) is 0 Å². The van der Waals surface area contributed by atoms with Crippen LogP contribution in [0, 0.1) is 5.92 Å². The Balaban J connectivity index is 1.67. The molecular weight excluding hydrogens is 252 g/mol. The zero-order valence-corrected chi connectivity index (χ0v) is 11.8. The summed E-state index contributed by atoms with van der Waals surface area (Å²) in [4.78, 5) is 15.3. The van der Waals surface area contributed by atoms with Gasteiger partial charge in [-0.3, -0.25) is 0 Å². The second kappa shape index (κ2) is 5.92. The summed E-state index contributed by atoms with van der Waals surface area (Å²) in [7, 11) is 0. The average molecular weight is 274 g/mol. The fraction of sp³-hybridized carbons (Fsp3) is 0.625. The Bertz CT molecular complexity index is 495. The maximum atomic E-state index is 11.0. The highest BCUT2D eigenvalue weighted by Gasteiger charge is 2.24. The van der Waals surface area contributed by atoms with Crippen molar-refractivity contribution in [2.75, 3.05) is 0 Å². The number of fused-ring (bicyclic) bond motifs is 1. The number of nitrogens with zero attached hydrogens (tertiary/aromatic N) is 1. The summed E-state index contributed by atoms with van der Waals surface area (Å²) in [5, 5.41) is 12.6. The lowest BCUT2D eigenvalue weighted by Crippen LogP contribution is -2.38. The molecule has 2 aliphatic rings. The number of rotatable bonds is 3. The van der Waals surface area contributed by atoms with Crippen molar-refractivity contribution in [3.05, 3.63) is 29.1 Å². The molecule has 4 heteroatoms. The van der Waals surface area contributed by atoms with Gasteiger partial charge in [-0.05, 0) is 24.0 Å². The molecule has 1 fully saturated rings. The van der Waals surface area contributed by atoms with Gasteiger partial charge in [-0.1, -0.05) is 38.2 Å². The Morgan fingerprint density at radius 1 is 1.30 bits per heavy atom. The Kier molecular flexibility index (Phi) is 4.01. The molecule has 0 spiro atoms. The molecule has 0 saturated heterocycles. The van der Waals surface area contributed by atoms with Crippen LogP contribution in [-0.4, -0.2) is 22.1 Å². The van der Waals surface area contributed by atoms with Gasteiger partial charge < -0.3 is 10.4 Å². The maximum Gasteiger partial charge on any atom is 0.354 e. The van der Waals surface area contributed by atoms with E-state index in [1.807, 2.05) is 6.07 Å². The van der Waals surface area contributed by atoms with Crippen LogP contribution in [0.4, 0.5) is 0 Å². The number of hydrogen-bond donors (Lipinski definition) is 2. The van der Waals surface area contributed by atoms with E-state index in [1.54, 1.807) is 6.07 Å². The summed E-state index contributed by atoms with van der Waals surface area (Å²) in [5.41, 5.74) is 2.29. The smallest absolute Gasteiger partial charge is 0.354 e. The third kappa shape index (κ3) is 3.01. The summed E-state index contributed by atoms with van der Waals surface area (Å²) in [6.45, 7) is 0.819. The Labute approximate surface area is 119 Å². The molecule has 4 nitrogen and oxygen atoms in total. The van der Waals surface area contributed by atoms with E-state index < -0.39 is 5.97 Å². The predicted octanol–water partition coefficient (Wildman–Crippen LogP) is 2.76. The molecule has 1 atom stereocenters. The Hall–Kier alpha value is -1.42. The van der Waals surface area contributed by atoms with Gasteiger partial charge in [0.2, 0.25) is 0 Å². The van der Waals surface area contributed by atoms with Crippen molar-refractivity contribution in [3.63, 3.8) is 0 Å². The van der Waals surface area contributed by atoms with Crippen LogP contribution in [-0.2, 0) is 13.0 Å². The standard InChI is InChI=1S/C16H22N2O2/c19-16(20)14-7-6-12-10-17-13(9-15(12)18-14)8-11-4-2-1-3-5-11/h6-7,11,13,17H,1-5,8-10H2,(H,19,20). The average Bonchev–Trinajstić information content (AvgIpc) is 2.47. The summed E-state index contributed by atoms with van der Waals surface area (Å²) < 4.78 is 0. The zero-order chi connectivity index (χ0) is 13.9. The van der Waals surface area contributed by atoms with Gasteiger partial charge in [-0.25, -0.2) is 9.78 Å². The fourth-order valence-electron chi connectivity index (χ4n) is 3.54. The highest BCUT2D eigenvalue weighted by Crippen LogP contribution is 2.29. The number of nitrogens with one attached hydrogen (secondary N) is 1. The molecule has 1 unspecified atom stereocenters. The first-order valence-electron chi connectivity index (χ1n) is 7.68. The molecule has 3 rings (SSSR count). The van der Waals surface area contributed by atoms with Crippen LogP contribution in [0.3, 0.4) is 0 Å². The van der Waals surface area contributed by atoms with Crippen LogP contribution in [0.2, 0.25) is 0 Å². The number of carboxylic acid groups (broad SMARTS) is 1. The molecular formula is C16H22N2O2. The van der Waals surface area contributed by atoms with Crippen LogP contribution < -0.4 is 5.32 Å². The second-order valence-electron chi connectivity index (χ2n) is 6.13. The number of aromatic nitrogens is 1. The van der Waals surface area contributed by atoms with Gasteiger partial charge in [0.05, 0.1) is 0 Å². The van der Waals surface area contributed by atoms with Crippen molar-refractivity contribution in [2.24, 2.45) is 5.92 Å². The monoisotopic (exact) mass is 274 g/mol. The lowest BCUT2D eigenvalue weighted by molar-refractivity contribution is 0.0690. The van der Waals surface area contributed by atoms with Crippen molar-refractivity contribution in [2.45, 2.75) is 57.5 Å². The quantitative estimate of drug-likeness (QED) is 0.889. The molecule has 1 aromatic rings. The number of hydrogen-bond acceptors (Lipinski definition) is 3. The zero-order valence-electron chi connectivity index (χ0n) is 11.8. The van der Waals surface area contributed by atoms with E-state index in [4.69, 9.17) is 5.11 Å². The molecule has 20 heavy (non-hydrogen) atoms. The fourth-order valence-corrected chi connectivity index (χ4v) is 3.54. The summed E-state index contributed by atoms with van der Waals surface area (Å²) in [6, 6.07) is 3.96. The van der Waals surface area contributed by atoms with Gasteiger partial charge in [0.25, 0.3) is 0 Å². The van der Waals surface area contributed by atoms with Crippen molar-refractivity contribution in [3.8, 4) is 0 Å². The van der Waals surface area contributed by atoms with E-state index >= 15 is 0 Å². The van der Waals surface area contributed by atoms with Crippen molar-refractivity contribution in [1.29, 1.82) is 0 Å². The predicted molar refractivity (Wildman–Crippen MR) is 76.7 cm³/mol. The molecule has 0 amide bonds. The maximum absolute atomic E-state index is 11.0. The SMILES string of the molecule is O=C(O)c1ccc2c(n1)CC(CC1CCCCC1)NC2. The molecule has 0 aromatic carbocycles. The summed E-state index contributed by atoms with van der Waals surface area (Å²) >= 11 is 0. The van der Waals surface area contributed by atoms with Crippen LogP contribution in [0.5, 0.6) is 0 Å². The number of pyridine rings is 1. The summed E-state index contributed by atoms with van der Waals surface area (Å²) in [6.07, 6.45) is 8.92. The molecule has 2 N–H and O–H groups in total. The van der Waals surface area contributed by atoms with Crippen LogP contribution in [0.15, 0.2) is 12.1 Å². The third-order valence-electron chi connectivity index (χ3n) is 4.65. The lowest BCUT2D eigenvalue weighted by atomic mass is 9.83. The van der Waals surface area contributed by atoms with Crippen molar-refractivity contribution in [1.82, 2.24) is 10.3 Å².